The monoisotopic (exact) mass is 241 g/mol. The van der Waals surface area contributed by atoms with Crippen LogP contribution in [-0.4, -0.2) is 0 Å². The Labute approximate surface area is 108 Å². The Morgan fingerprint density at radius 1 is 0.944 bits per heavy atom. The second-order valence-corrected chi connectivity index (χ2v) is 4.51. The summed E-state index contributed by atoms with van der Waals surface area (Å²) in [5, 5.41) is 0. The predicted octanol–water partition coefficient (Wildman–Crippen LogP) is 3.34. The van der Waals surface area contributed by atoms with Gasteiger partial charge >= 0.3 is 0 Å². The van der Waals surface area contributed by atoms with Crippen molar-refractivity contribution in [2.45, 2.75) is 27.0 Å². The smallest absolute Gasteiger partial charge is 0.122 e. The molecule has 18 heavy (non-hydrogen) atoms. The molecule has 0 unspecified atom stereocenters. The van der Waals surface area contributed by atoms with Crippen molar-refractivity contribution in [2.24, 2.45) is 5.73 Å². The van der Waals surface area contributed by atoms with E-state index in [1.807, 2.05) is 24.3 Å². The Morgan fingerprint density at radius 3 is 2.28 bits per heavy atom. The van der Waals surface area contributed by atoms with Crippen molar-refractivity contribution < 1.29 is 4.74 Å². The standard InChI is InChI=1S/C16H19NO/c1-12-4-3-5-16(13(12)2)18-11-15-8-6-14(10-17)7-9-15/h3-9H,10-11,17H2,1-2H3. The predicted molar refractivity (Wildman–Crippen MR) is 74.6 cm³/mol. The minimum atomic E-state index is 0.581. The molecule has 0 saturated carbocycles. The highest BCUT2D eigenvalue weighted by Gasteiger charge is 2.02. The lowest BCUT2D eigenvalue weighted by molar-refractivity contribution is 0.304. The number of hydrogen-bond donors (Lipinski definition) is 1. The van der Waals surface area contributed by atoms with E-state index in [-0.39, 0.29) is 0 Å². The minimum Gasteiger partial charge on any atom is -0.489 e. The second-order valence-electron chi connectivity index (χ2n) is 4.51. The molecule has 2 aromatic carbocycles. The highest BCUT2D eigenvalue weighted by Crippen LogP contribution is 2.21. The molecule has 0 atom stereocenters. The first-order valence-electron chi connectivity index (χ1n) is 6.17. The number of ether oxygens (including phenoxy) is 1. The van der Waals surface area contributed by atoms with E-state index in [1.54, 1.807) is 0 Å². The van der Waals surface area contributed by atoms with E-state index in [0.29, 0.717) is 13.2 Å². The van der Waals surface area contributed by atoms with Crippen LogP contribution >= 0.6 is 0 Å². The summed E-state index contributed by atoms with van der Waals surface area (Å²) in [5.74, 6) is 0.956. The molecule has 0 amide bonds. The third-order valence-corrected chi connectivity index (χ3v) is 3.21. The van der Waals surface area contributed by atoms with Gasteiger partial charge in [-0.05, 0) is 42.2 Å². The van der Waals surface area contributed by atoms with Gasteiger partial charge in [-0.15, -0.1) is 0 Å². The zero-order chi connectivity index (χ0) is 13.0. The van der Waals surface area contributed by atoms with Gasteiger partial charge in [0.1, 0.15) is 12.4 Å². The Morgan fingerprint density at radius 2 is 1.61 bits per heavy atom. The van der Waals surface area contributed by atoms with Crippen molar-refractivity contribution in [3.8, 4) is 5.75 Å². The van der Waals surface area contributed by atoms with Crippen LogP contribution in [0.15, 0.2) is 42.5 Å². The van der Waals surface area contributed by atoms with Crippen molar-refractivity contribution in [3.05, 3.63) is 64.7 Å². The zero-order valence-corrected chi connectivity index (χ0v) is 10.9. The van der Waals surface area contributed by atoms with E-state index in [4.69, 9.17) is 10.5 Å². The van der Waals surface area contributed by atoms with Crippen molar-refractivity contribution in [2.75, 3.05) is 0 Å². The molecular weight excluding hydrogens is 222 g/mol. The van der Waals surface area contributed by atoms with Gasteiger partial charge in [0.2, 0.25) is 0 Å². The van der Waals surface area contributed by atoms with Crippen LogP contribution in [0.4, 0.5) is 0 Å². The Hall–Kier alpha value is -1.80. The van der Waals surface area contributed by atoms with E-state index in [0.717, 1.165) is 16.9 Å². The fourth-order valence-corrected chi connectivity index (χ4v) is 1.81. The number of benzene rings is 2. The molecule has 2 aromatic rings. The maximum atomic E-state index is 5.85. The van der Waals surface area contributed by atoms with Gasteiger partial charge in [0.05, 0.1) is 0 Å². The molecule has 0 aromatic heterocycles. The first kappa shape index (κ1) is 12.7. The third-order valence-electron chi connectivity index (χ3n) is 3.21. The molecule has 2 N–H and O–H groups in total. The van der Waals surface area contributed by atoms with Crippen LogP contribution in [-0.2, 0) is 13.2 Å². The Balaban J connectivity index is 2.04. The molecule has 2 nitrogen and oxygen atoms in total. The van der Waals surface area contributed by atoms with Crippen molar-refractivity contribution in [1.82, 2.24) is 0 Å². The van der Waals surface area contributed by atoms with Gasteiger partial charge in [-0.1, -0.05) is 36.4 Å². The largest absolute Gasteiger partial charge is 0.489 e. The number of rotatable bonds is 4. The Kier molecular flexibility index (Phi) is 4.00. The van der Waals surface area contributed by atoms with Crippen LogP contribution in [0.3, 0.4) is 0 Å². The van der Waals surface area contributed by atoms with Crippen molar-refractivity contribution in [3.63, 3.8) is 0 Å². The highest BCUT2D eigenvalue weighted by atomic mass is 16.5. The van der Waals surface area contributed by atoms with Crippen LogP contribution in [0.25, 0.3) is 0 Å². The second kappa shape index (κ2) is 5.69. The fourth-order valence-electron chi connectivity index (χ4n) is 1.81. The van der Waals surface area contributed by atoms with Crippen LogP contribution in [0.2, 0.25) is 0 Å². The van der Waals surface area contributed by atoms with Gasteiger partial charge in [-0.3, -0.25) is 0 Å². The summed E-state index contributed by atoms with van der Waals surface area (Å²) in [6.45, 7) is 5.35. The lowest BCUT2D eigenvalue weighted by Crippen LogP contribution is -1.99. The maximum Gasteiger partial charge on any atom is 0.122 e. The molecule has 2 rings (SSSR count). The summed E-state index contributed by atoms with van der Waals surface area (Å²) in [7, 11) is 0. The van der Waals surface area contributed by atoms with Gasteiger partial charge in [0, 0.05) is 6.54 Å². The van der Waals surface area contributed by atoms with Crippen LogP contribution in [0.5, 0.6) is 5.75 Å². The van der Waals surface area contributed by atoms with Gasteiger partial charge in [-0.25, -0.2) is 0 Å². The number of aryl methyl sites for hydroxylation is 1. The average molecular weight is 241 g/mol. The molecule has 0 heterocycles. The molecule has 0 aliphatic heterocycles. The normalized spacial score (nSPS) is 10.4. The van der Waals surface area contributed by atoms with Gasteiger partial charge in [0.15, 0.2) is 0 Å². The van der Waals surface area contributed by atoms with E-state index < -0.39 is 0 Å². The first-order chi connectivity index (χ1) is 8.70. The fraction of sp³-hybridized carbons (Fsp3) is 0.250. The summed E-state index contributed by atoms with van der Waals surface area (Å²) >= 11 is 0. The zero-order valence-electron chi connectivity index (χ0n) is 10.9. The summed E-state index contributed by atoms with van der Waals surface area (Å²) < 4.78 is 5.85. The van der Waals surface area contributed by atoms with E-state index >= 15 is 0 Å². The van der Waals surface area contributed by atoms with Crippen molar-refractivity contribution in [1.29, 1.82) is 0 Å². The molecule has 0 fully saturated rings. The first-order valence-corrected chi connectivity index (χ1v) is 6.17. The van der Waals surface area contributed by atoms with Gasteiger partial charge in [0.25, 0.3) is 0 Å². The minimum absolute atomic E-state index is 0.581. The number of nitrogens with two attached hydrogens (primary N) is 1. The van der Waals surface area contributed by atoms with Crippen LogP contribution in [0.1, 0.15) is 22.3 Å². The summed E-state index contributed by atoms with van der Waals surface area (Å²) in [5.41, 5.74) is 10.3. The topological polar surface area (TPSA) is 35.2 Å². The quantitative estimate of drug-likeness (QED) is 0.891. The summed E-state index contributed by atoms with van der Waals surface area (Å²) in [6.07, 6.45) is 0. The highest BCUT2D eigenvalue weighted by molar-refractivity contribution is 5.38. The lowest BCUT2D eigenvalue weighted by atomic mass is 10.1. The molecule has 0 aliphatic rings. The number of hydrogen-bond acceptors (Lipinski definition) is 2. The van der Waals surface area contributed by atoms with E-state index in [1.165, 1.54) is 11.1 Å². The van der Waals surface area contributed by atoms with E-state index in [2.05, 4.69) is 32.0 Å². The molecule has 0 saturated heterocycles. The summed E-state index contributed by atoms with van der Waals surface area (Å²) in [4.78, 5) is 0. The molecule has 94 valence electrons. The van der Waals surface area contributed by atoms with E-state index in [9.17, 15) is 0 Å². The molecule has 0 aliphatic carbocycles. The molecule has 2 heteroatoms. The van der Waals surface area contributed by atoms with Crippen molar-refractivity contribution >= 4 is 0 Å². The van der Waals surface area contributed by atoms with Gasteiger partial charge in [-0.2, -0.15) is 0 Å². The summed E-state index contributed by atoms with van der Waals surface area (Å²) in [6, 6.07) is 14.3. The average Bonchev–Trinajstić information content (AvgIpc) is 2.41. The lowest BCUT2D eigenvalue weighted by Gasteiger charge is -2.11. The Bertz CT molecular complexity index is 517. The maximum absolute atomic E-state index is 5.85. The SMILES string of the molecule is Cc1cccc(OCc2ccc(CN)cc2)c1C. The molecule has 0 spiro atoms. The third kappa shape index (κ3) is 2.90. The van der Waals surface area contributed by atoms with Gasteiger partial charge < -0.3 is 10.5 Å². The van der Waals surface area contributed by atoms with Crippen LogP contribution < -0.4 is 10.5 Å². The molecular formula is C16H19NO. The van der Waals surface area contributed by atoms with Crippen LogP contribution in [0, 0.1) is 13.8 Å². The molecule has 0 bridgehead atoms. The molecule has 0 radical (unpaired) electrons.